The molecular formula is C21H26N2O3. The summed E-state index contributed by atoms with van der Waals surface area (Å²) in [4.78, 5) is 14.9. The molecule has 1 aliphatic rings. The van der Waals surface area contributed by atoms with Gasteiger partial charge in [0, 0.05) is 12.1 Å². The second-order valence-corrected chi connectivity index (χ2v) is 6.46. The predicted octanol–water partition coefficient (Wildman–Crippen LogP) is 3.80. The third-order valence-electron chi connectivity index (χ3n) is 4.64. The topological polar surface area (TPSA) is 54.7 Å². The van der Waals surface area contributed by atoms with Gasteiger partial charge in [-0.3, -0.25) is 9.69 Å². The van der Waals surface area contributed by atoms with Crippen LogP contribution in [0.4, 0.5) is 0 Å². The molecule has 0 bridgehead atoms. The molecule has 2 heterocycles. The van der Waals surface area contributed by atoms with Gasteiger partial charge in [-0.05, 0) is 62.3 Å². The summed E-state index contributed by atoms with van der Waals surface area (Å²) in [5.41, 5.74) is 0.618. The number of likely N-dealkylation sites (tertiary alicyclic amines) is 1. The number of hydrogen-bond donors (Lipinski definition) is 1. The number of piperidine rings is 1. The van der Waals surface area contributed by atoms with Crippen molar-refractivity contribution >= 4 is 5.91 Å². The molecule has 1 aromatic heterocycles. The molecule has 1 N–H and O–H groups in total. The zero-order valence-electron chi connectivity index (χ0n) is 15.0. The summed E-state index contributed by atoms with van der Waals surface area (Å²) in [5, 5.41) is 3.05. The Kier molecular flexibility index (Phi) is 6.50. The Morgan fingerprint density at radius 1 is 1.23 bits per heavy atom. The highest BCUT2D eigenvalue weighted by atomic mass is 16.5. The number of carbonyl (C=O) groups excluding carboxylic acids is 1. The number of benzene rings is 1. The third-order valence-corrected chi connectivity index (χ3v) is 4.64. The smallest absolute Gasteiger partial charge is 0.251 e. The third kappa shape index (κ3) is 4.76. The lowest BCUT2D eigenvalue weighted by atomic mass is 10.1. The van der Waals surface area contributed by atoms with Crippen LogP contribution >= 0.6 is 0 Å². The van der Waals surface area contributed by atoms with E-state index in [1.165, 1.54) is 19.3 Å². The fourth-order valence-corrected chi connectivity index (χ4v) is 3.27. The first-order chi connectivity index (χ1) is 12.8. The molecule has 1 saturated heterocycles. The van der Waals surface area contributed by atoms with Gasteiger partial charge < -0.3 is 14.5 Å². The van der Waals surface area contributed by atoms with Crippen molar-refractivity contribution in [3.05, 3.63) is 66.6 Å². The first kappa shape index (κ1) is 18.3. The van der Waals surface area contributed by atoms with E-state index in [0.717, 1.165) is 24.6 Å². The molecule has 0 spiro atoms. The first-order valence-corrected chi connectivity index (χ1v) is 9.17. The number of nitrogens with zero attached hydrogens (tertiary/aromatic N) is 1. The molecule has 1 aromatic carbocycles. The van der Waals surface area contributed by atoms with E-state index in [1.807, 2.05) is 12.1 Å². The van der Waals surface area contributed by atoms with Gasteiger partial charge in [0.1, 0.15) is 18.1 Å². The Labute approximate surface area is 154 Å². The van der Waals surface area contributed by atoms with E-state index in [9.17, 15) is 4.79 Å². The molecular weight excluding hydrogens is 328 g/mol. The molecule has 1 fully saturated rings. The van der Waals surface area contributed by atoms with Crippen molar-refractivity contribution in [2.75, 3.05) is 26.2 Å². The number of amides is 1. The summed E-state index contributed by atoms with van der Waals surface area (Å²) >= 11 is 0. The van der Waals surface area contributed by atoms with Gasteiger partial charge in [-0.2, -0.15) is 0 Å². The van der Waals surface area contributed by atoms with Crippen LogP contribution in [0, 0.1) is 0 Å². The fourth-order valence-electron chi connectivity index (χ4n) is 3.27. The Bertz CT molecular complexity index is 689. The van der Waals surface area contributed by atoms with Gasteiger partial charge >= 0.3 is 0 Å². The maximum Gasteiger partial charge on any atom is 0.251 e. The molecule has 3 rings (SSSR count). The standard InChI is InChI=1S/C21H26N2O3/c1-2-14-25-18-10-8-17(9-11-18)21(24)22-16-19(20-7-6-15-26-20)23-12-4-3-5-13-23/h2,6-11,15,19H,1,3-5,12-14,16H2,(H,22,24). The van der Waals surface area contributed by atoms with E-state index >= 15 is 0 Å². The van der Waals surface area contributed by atoms with Gasteiger partial charge in [0.15, 0.2) is 0 Å². The number of nitrogens with one attached hydrogen (secondary N) is 1. The predicted molar refractivity (Wildman–Crippen MR) is 101 cm³/mol. The van der Waals surface area contributed by atoms with Crippen molar-refractivity contribution in [1.82, 2.24) is 10.2 Å². The van der Waals surface area contributed by atoms with E-state index in [0.29, 0.717) is 18.7 Å². The quantitative estimate of drug-likeness (QED) is 0.733. The minimum atomic E-state index is -0.0890. The Morgan fingerprint density at radius 3 is 2.65 bits per heavy atom. The van der Waals surface area contributed by atoms with Crippen LogP contribution in [-0.4, -0.2) is 37.0 Å². The normalized spacial score (nSPS) is 16.0. The van der Waals surface area contributed by atoms with Crippen LogP contribution < -0.4 is 10.1 Å². The molecule has 1 aliphatic heterocycles. The van der Waals surface area contributed by atoms with Crippen molar-refractivity contribution in [2.45, 2.75) is 25.3 Å². The van der Waals surface area contributed by atoms with Crippen LogP contribution in [0.25, 0.3) is 0 Å². The van der Waals surface area contributed by atoms with E-state index in [4.69, 9.17) is 9.15 Å². The van der Waals surface area contributed by atoms with Gasteiger partial charge in [0.25, 0.3) is 5.91 Å². The maximum absolute atomic E-state index is 12.5. The summed E-state index contributed by atoms with van der Waals surface area (Å²) < 4.78 is 11.1. The van der Waals surface area contributed by atoms with Gasteiger partial charge in [-0.15, -0.1) is 0 Å². The van der Waals surface area contributed by atoms with Gasteiger partial charge in [-0.1, -0.05) is 19.1 Å². The highest BCUT2D eigenvalue weighted by Crippen LogP contribution is 2.24. The number of carbonyl (C=O) groups is 1. The summed E-state index contributed by atoms with van der Waals surface area (Å²) in [7, 11) is 0. The highest BCUT2D eigenvalue weighted by molar-refractivity contribution is 5.94. The summed E-state index contributed by atoms with van der Waals surface area (Å²) in [6, 6.07) is 11.1. The number of furan rings is 1. The molecule has 1 atom stereocenters. The van der Waals surface area contributed by atoms with Crippen molar-refractivity contribution in [1.29, 1.82) is 0 Å². The second-order valence-electron chi connectivity index (χ2n) is 6.46. The van der Waals surface area contributed by atoms with Crippen LogP contribution in [0.2, 0.25) is 0 Å². The highest BCUT2D eigenvalue weighted by Gasteiger charge is 2.25. The van der Waals surface area contributed by atoms with Crippen molar-refractivity contribution in [3.63, 3.8) is 0 Å². The molecule has 26 heavy (non-hydrogen) atoms. The summed E-state index contributed by atoms with van der Waals surface area (Å²) in [6.07, 6.45) is 7.04. The zero-order valence-corrected chi connectivity index (χ0v) is 15.0. The molecule has 0 radical (unpaired) electrons. The Balaban J connectivity index is 1.61. The second kappa shape index (κ2) is 9.25. The molecule has 2 aromatic rings. The zero-order chi connectivity index (χ0) is 18.2. The molecule has 5 heteroatoms. The summed E-state index contributed by atoms with van der Waals surface area (Å²) in [6.45, 7) is 6.68. The van der Waals surface area contributed by atoms with Gasteiger partial charge in [0.2, 0.25) is 0 Å². The van der Waals surface area contributed by atoms with Gasteiger partial charge in [0.05, 0.1) is 12.3 Å². The number of ether oxygens (including phenoxy) is 1. The van der Waals surface area contributed by atoms with E-state index < -0.39 is 0 Å². The Hall–Kier alpha value is -2.53. The van der Waals surface area contributed by atoms with Crippen molar-refractivity contribution < 1.29 is 13.9 Å². The average molecular weight is 354 g/mol. The fraction of sp³-hybridized carbons (Fsp3) is 0.381. The van der Waals surface area contributed by atoms with Crippen molar-refractivity contribution in [2.24, 2.45) is 0 Å². The molecule has 1 amide bonds. The summed E-state index contributed by atoms with van der Waals surface area (Å²) in [5.74, 6) is 1.54. The minimum absolute atomic E-state index is 0.0736. The largest absolute Gasteiger partial charge is 0.490 e. The van der Waals surface area contributed by atoms with E-state index in [1.54, 1.807) is 36.6 Å². The number of hydrogen-bond acceptors (Lipinski definition) is 4. The molecule has 0 aliphatic carbocycles. The minimum Gasteiger partial charge on any atom is -0.490 e. The molecule has 5 nitrogen and oxygen atoms in total. The molecule has 0 saturated carbocycles. The van der Waals surface area contributed by atoms with Gasteiger partial charge in [-0.25, -0.2) is 0 Å². The lowest BCUT2D eigenvalue weighted by Crippen LogP contribution is -2.40. The van der Waals surface area contributed by atoms with Crippen LogP contribution in [0.3, 0.4) is 0 Å². The first-order valence-electron chi connectivity index (χ1n) is 9.17. The molecule has 138 valence electrons. The lowest BCUT2D eigenvalue weighted by Gasteiger charge is -2.33. The lowest BCUT2D eigenvalue weighted by molar-refractivity contribution is 0.0914. The monoisotopic (exact) mass is 354 g/mol. The number of rotatable bonds is 8. The van der Waals surface area contributed by atoms with E-state index in [-0.39, 0.29) is 11.9 Å². The van der Waals surface area contributed by atoms with E-state index in [2.05, 4.69) is 16.8 Å². The SMILES string of the molecule is C=CCOc1ccc(C(=O)NCC(c2ccco2)N2CCCCC2)cc1. The van der Waals surface area contributed by atoms with Crippen molar-refractivity contribution in [3.8, 4) is 5.75 Å². The maximum atomic E-state index is 12.5. The van der Waals surface area contributed by atoms with Crippen LogP contribution in [0.1, 0.15) is 41.4 Å². The van der Waals surface area contributed by atoms with Crippen LogP contribution in [0.5, 0.6) is 5.75 Å². The van der Waals surface area contributed by atoms with Crippen LogP contribution in [-0.2, 0) is 0 Å². The Morgan fingerprint density at radius 2 is 2.00 bits per heavy atom. The van der Waals surface area contributed by atoms with Crippen LogP contribution in [0.15, 0.2) is 59.7 Å². The average Bonchev–Trinajstić information content (AvgIpc) is 3.22. The molecule has 1 unspecified atom stereocenters.